The van der Waals surface area contributed by atoms with Crippen molar-refractivity contribution in [3.63, 3.8) is 0 Å². The Morgan fingerprint density at radius 2 is 2.25 bits per heavy atom. The van der Waals surface area contributed by atoms with Gasteiger partial charge in [0, 0.05) is 30.2 Å². The van der Waals surface area contributed by atoms with Crippen molar-refractivity contribution in [2.24, 2.45) is 0 Å². The van der Waals surface area contributed by atoms with Crippen LogP contribution in [0.3, 0.4) is 0 Å². The Hall–Kier alpha value is -1.13. The third-order valence-electron chi connectivity index (χ3n) is 2.09. The number of carbonyl (C=O) groups excluding carboxylic acids is 1. The maximum Gasteiger partial charge on any atom is 0.220 e. The van der Waals surface area contributed by atoms with Crippen molar-refractivity contribution in [3.8, 4) is 0 Å². The van der Waals surface area contributed by atoms with E-state index in [0.717, 1.165) is 0 Å². The smallest absolute Gasteiger partial charge is 0.220 e. The van der Waals surface area contributed by atoms with Gasteiger partial charge in [-0.2, -0.15) is 0 Å². The number of benzene rings is 1. The van der Waals surface area contributed by atoms with Gasteiger partial charge < -0.3 is 10.4 Å². The highest BCUT2D eigenvalue weighted by Gasteiger charge is 2.08. The standard InChI is InChI=1S/C11H13ClFNO2/c12-9-3-1-4-10(13)8(9)7-14-11(16)5-2-6-15/h1,3-4,15H,2,5-7H2,(H,14,16). The second kappa shape index (κ2) is 6.45. The summed E-state index contributed by atoms with van der Waals surface area (Å²) in [6.45, 7) is 0.0314. The SMILES string of the molecule is O=C(CCCO)NCc1c(F)cccc1Cl. The zero-order valence-electron chi connectivity index (χ0n) is 8.67. The molecule has 0 aliphatic carbocycles. The van der Waals surface area contributed by atoms with Crippen molar-refractivity contribution in [1.29, 1.82) is 0 Å². The van der Waals surface area contributed by atoms with Gasteiger partial charge in [-0.15, -0.1) is 0 Å². The van der Waals surface area contributed by atoms with Crippen LogP contribution in [0, 0.1) is 5.82 Å². The molecule has 1 rings (SSSR count). The number of nitrogens with one attached hydrogen (secondary N) is 1. The van der Waals surface area contributed by atoms with Gasteiger partial charge >= 0.3 is 0 Å². The first-order chi connectivity index (χ1) is 7.65. The monoisotopic (exact) mass is 245 g/mol. The Balaban J connectivity index is 2.51. The Bertz CT molecular complexity index is 351. The molecule has 3 nitrogen and oxygen atoms in total. The number of halogens is 2. The normalized spacial score (nSPS) is 10.2. The molecule has 0 fully saturated rings. The minimum absolute atomic E-state index is 0.0339. The minimum Gasteiger partial charge on any atom is -0.396 e. The van der Waals surface area contributed by atoms with Crippen LogP contribution in [-0.4, -0.2) is 17.6 Å². The van der Waals surface area contributed by atoms with Crippen molar-refractivity contribution in [2.75, 3.05) is 6.61 Å². The van der Waals surface area contributed by atoms with Crippen LogP contribution in [0.25, 0.3) is 0 Å². The van der Waals surface area contributed by atoms with E-state index in [9.17, 15) is 9.18 Å². The van der Waals surface area contributed by atoms with E-state index in [1.54, 1.807) is 6.07 Å². The van der Waals surface area contributed by atoms with Gasteiger partial charge in [-0.1, -0.05) is 17.7 Å². The molecule has 0 bridgehead atoms. The molecule has 88 valence electrons. The summed E-state index contributed by atoms with van der Waals surface area (Å²) in [5.41, 5.74) is 0.279. The van der Waals surface area contributed by atoms with E-state index < -0.39 is 5.82 Å². The first kappa shape index (κ1) is 12.9. The minimum atomic E-state index is -0.435. The first-order valence-electron chi connectivity index (χ1n) is 4.95. The summed E-state index contributed by atoms with van der Waals surface area (Å²) < 4.78 is 13.3. The zero-order chi connectivity index (χ0) is 12.0. The maximum atomic E-state index is 13.3. The fourth-order valence-electron chi connectivity index (χ4n) is 1.22. The molecular formula is C11H13ClFNO2. The van der Waals surface area contributed by atoms with Crippen molar-refractivity contribution in [2.45, 2.75) is 19.4 Å². The van der Waals surface area contributed by atoms with Crippen molar-refractivity contribution >= 4 is 17.5 Å². The number of rotatable bonds is 5. The number of hydrogen-bond acceptors (Lipinski definition) is 2. The first-order valence-corrected chi connectivity index (χ1v) is 5.33. The van der Waals surface area contributed by atoms with E-state index in [0.29, 0.717) is 11.4 Å². The van der Waals surface area contributed by atoms with E-state index in [1.165, 1.54) is 12.1 Å². The van der Waals surface area contributed by atoms with Gasteiger partial charge in [-0.05, 0) is 18.6 Å². The molecule has 0 unspecified atom stereocenters. The third-order valence-corrected chi connectivity index (χ3v) is 2.44. The van der Waals surface area contributed by atoms with Crippen molar-refractivity contribution in [3.05, 3.63) is 34.6 Å². The van der Waals surface area contributed by atoms with Crippen molar-refractivity contribution in [1.82, 2.24) is 5.32 Å². The molecule has 0 radical (unpaired) electrons. The number of hydrogen-bond donors (Lipinski definition) is 2. The molecule has 5 heteroatoms. The van der Waals surface area contributed by atoms with Crippen LogP contribution >= 0.6 is 11.6 Å². The highest BCUT2D eigenvalue weighted by molar-refractivity contribution is 6.31. The lowest BCUT2D eigenvalue weighted by Crippen LogP contribution is -2.23. The van der Waals surface area contributed by atoms with E-state index in [2.05, 4.69) is 5.32 Å². The second-order valence-electron chi connectivity index (χ2n) is 3.30. The van der Waals surface area contributed by atoms with Crippen LogP contribution in [0.2, 0.25) is 5.02 Å². The molecule has 0 spiro atoms. The van der Waals surface area contributed by atoms with E-state index in [1.807, 2.05) is 0 Å². The molecule has 1 aromatic carbocycles. The molecule has 0 aromatic heterocycles. The van der Waals surface area contributed by atoms with Gasteiger partial charge in [0.05, 0.1) is 0 Å². The molecule has 1 aromatic rings. The Kier molecular flexibility index (Phi) is 5.22. The van der Waals surface area contributed by atoms with E-state index in [4.69, 9.17) is 16.7 Å². The number of amides is 1. The number of aliphatic hydroxyl groups is 1. The zero-order valence-corrected chi connectivity index (χ0v) is 9.43. The van der Waals surface area contributed by atoms with Crippen molar-refractivity contribution < 1.29 is 14.3 Å². The lowest BCUT2D eigenvalue weighted by Gasteiger charge is -2.07. The summed E-state index contributed by atoms with van der Waals surface area (Å²) >= 11 is 5.79. The van der Waals surface area contributed by atoms with Crippen LogP contribution in [0.5, 0.6) is 0 Å². The quantitative estimate of drug-likeness (QED) is 0.832. The summed E-state index contributed by atoms with van der Waals surface area (Å²) in [6.07, 6.45) is 0.624. The molecule has 1 amide bonds. The van der Waals surface area contributed by atoms with Gasteiger partial charge in [0.1, 0.15) is 5.82 Å². The highest BCUT2D eigenvalue weighted by Crippen LogP contribution is 2.18. The lowest BCUT2D eigenvalue weighted by molar-refractivity contribution is -0.121. The van der Waals surface area contributed by atoms with E-state index in [-0.39, 0.29) is 31.0 Å². The lowest BCUT2D eigenvalue weighted by atomic mass is 10.2. The predicted octanol–water partition coefficient (Wildman–Crippen LogP) is 1.87. The molecule has 2 N–H and O–H groups in total. The largest absolute Gasteiger partial charge is 0.396 e. The summed E-state index contributed by atoms with van der Waals surface area (Å²) in [6, 6.07) is 4.37. The predicted molar refractivity (Wildman–Crippen MR) is 59.6 cm³/mol. The van der Waals surface area contributed by atoms with Crippen LogP contribution in [0.1, 0.15) is 18.4 Å². The summed E-state index contributed by atoms with van der Waals surface area (Å²) in [7, 11) is 0. The molecule has 0 aliphatic rings. The van der Waals surface area contributed by atoms with Crippen LogP contribution in [0.4, 0.5) is 4.39 Å². The average molecular weight is 246 g/mol. The van der Waals surface area contributed by atoms with Gasteiger partial charge in [-0.3, -0.25) is 4.79 Å². The van der Waals surface area contributed by atoms with Crippen LogP contribution < -0.4 is 5.32 Å². The molecule has 16 heavy (non-hydrogen) atoms. The highest BCUT2D eigenvalue weighted by atomic mass is 35.5. The Labute approximate surface area is 98.2 Å². The second-order valence-corrected chi connectivity index (χ2v) is 3.71. The van der Waals surface area contributed by atoms with Gasteiger partial charge in [0.2, 0.25) is 5.91 Å². The summed E-state index contributed by atoms with van der Waals surface area (Å²) in [5, 5.41) is 11.4. The summed E-state index contributed by atoms with van der Waals surface area (Å²) in [4.78, 5) is 11.2. The van der Waals surface area contributed by atoms with E-state index >= 15 is 0 Å². The molecule has 0 atom stereocenters. The number of aliphatic hydroxyl groups excluding tert-OH is 1. The fraction of sp³-hybridized carbons (Fsp3) is 0.364. The van der Waals surface area contributed by atoms with Crippen LogP contribution in [-0.2, 0) is 11.3 Å². The van der Waals surface area contributed by atoms with Gasteiger partial charge in [0.25, 0.3) is 0 Å². The molecular weight excluding hydrogens is 233 g/mol. The maximum absolute atomic E-state index is 13.3. The molecule has 0 saturated heterocycles. The molecule has 0 aliphatic heterocycles. The Morgan fingerprint density at radius 3 is 2.88 bits per heavy atom. The molecule has 0 heterocycles. The van der Waals surface area contributed by atoms with Gasteiger partial charge in [0.15, 0.2) is 0 Å². The number of carbonyl (C=O) groups is 1. The molecule has 0 saturated carbocycles. The average Bonchev–Trinajstić information content (AvgIpc) is 2.25. The van der Waals surface area contributed by atoms with Gasteiger partial charge in [-0.25, -0.2) is 4.39 Å². The van der Waals surface area contributed by atoms with Crippen LogP contribution in [0.15, 0.2) is 18.2 Å². The summed E-state index contributed by atoms with van der Waals surface area (Å²) in [5.74, 6) is -0.664. The topological polar surface area (TPSA) is 49.3 Å². The Morgan fingerprint density at radius 1 is 1.50 bits per heavy atom. The third kappa shape index (κ3) is 3.79. The fourth-order valence-corrected chi connectivity index (χ4v) is 1.45.